The van der Waals surface area contributed by atoms with Gasteiger partial charge >= 0.3 is 0 Å². The summed E-state index contributed by atoms with van der Waals surface area (Å²) in [6.45, 7) is 2.09. The first-order valence-corrected chi connectivity index (χ1v) is 7.99. The second kappa shape index (κ2) is 6.34. The van der Waals surface area contributed by atoms with Crippen molar-refractivity contribution in [3.63, 3.8) is 0 Å². The Kier molecular flexibility index (Phi) is 4.27. The lowest BCUT2D eigenvalue weighted by Gasteiger charge is -2.07. The van der Waals surface area contributed by atoms with E-state index in [0.717, 1.165) is 42.0 Å². The van der Waals surface area contributed by atoms with E-state index >= 15 is 0 Å². The molecule has 2 aliphatic rings. The Hall–Kier alpha value is -2.10. The van der Waals surface area contributed by atoms with Gasteiger partial charge in [-0.05, 0) is 48.6 Å². The lowest BCUT2D eigenvalue weighted by Crippen LogP contribution is -2.29. The number of nitrogens with one attached hydrogen (secondary N) is 1. The molecule has 4 nitrogen and oxygen atoms in total. The van der Waals surface area contributed by atoms with Gasteiger partial charge in [0.2, 0.25) is 0 Å². The van der Waals surface area contributed by atoms with Crippen LogP contribution in [0.3, 0.4) is 0 Å². The van der Waals surface area contributed by atoms with Gasteiger partial charge in [0.25, 0.3) is 5.91 Å². The van der Waals surface area contributed by atoms with E-state index in [4.69, 9.17) is 4.74 Å². The molecule has 0 atom stereocenters. The molecule has 0 saturated heterocycles. The van der Waals surface area contributed by atoms with E-state index in [1.165, 1.54) is 12.8 Å². The number of aryl methyl sites for hydroxylation is 1. The molecule has 1 aromatic rings. The Morgan fingerprint density at radius 2 is 2.14 bits per heavy atom. The van der Waals surface area contributed by atoms with Gasteiger partial charge in [-0.3, -0.25) is 4.79 Å². The molecule has 1 heterocycles. The van der Waals surface area contributed by atoms with Crippen LogP contribution in [0.2, 0.25) is 0 Å². The van der Waals surface area contributed by atoms with Crippen molar-refractivity contribution in [3.8, 4) is 5.75 Å². The molecule has 0 aromatic heterocycles. The fourth-order valence-electron chi connectivity index (χ4n) is 3.20. The van der Waals surface area contributed by atoms with Crippen molar-refractivity contribution in [2.45, 2.75) is 39.0 Å². The maximum atomic E-state index is 12.1. The Labute approximate surface area is 131 Å². The number of nitrogens with zero attached hydrogens (tertiary/aromatic N) is 1. The number of amidine groups is 1. The number of aliphatic imine (C=N–C) groups is 1. The summed E-state index contributed by atoms with van der Waals surface area (Å²) < 4.78 is 5.34. The molecule has 1 aliphatic heterocycles. The topological polar surface area (TPSA) is 50.7 Å². The average Bonchev–Trinajstić information content (AvgIpc) is 3.17. The highest BCUT2D eigenvalue weighted by molar-refractivity contribution is 6.15. The fourth-order valence-corrected chi connectivity index (χ4v) is 3.20. The van der Waals surface area contributed by atoms with E-state index < -0.39 is 0 Å². The third-order valence-corrected chi connectivity index (χ3v) is 4.45. The van der Waals surface area contributed by atoms with Crippen LogP contribution in [0.15, 0.2) is 28.9 Å². The van der Waals surface area contributed by atoms with Crippen molar-refractivity contribution in [1.29, 1.82) is 0 Å². The summed E-state index contributed by atoms with van der Waals surface area (Å²) in [5.41, 5.74) is 2.63. The van der Waals surface area contributed by atoms with E-state index in [0.29, 0.717) is 11.6 Å². The first-order valence-electron chi connectivity index (χ1n) is 7.99. The minimum atomic E-state index is -0.0873. The van der Waals surface area contributed by atoms with E-state index in [9.17, 15) is 4.79 Å². The van der Waals surface area contributed by atoms with Gasteiger partial charge in [0.1, 0.15) is 17.3 Å². The molecular formula is C18H22N2O2. The molecule has 1 aliphatic carbocycles. The van der Waals surface area contributed by atoms with Crippen LogP contribution in [0.1, 0.15) is 43.7 Å². The van der Waals surface area contributed by atoms with Gasteiger partial charge in [-0.2, -0.15) is 0 Å². The standard InChI is InChI=1S/C18H22N2O2/c1-3-13-10-12(8-9-16(13)22-2)11-15-18(21)20-17(19-15)14-6-4-5-7-14/h8-11,14H,3-7H2,1-2H3,(H,19,20,21)/b15-11+. The third-order valence-electron chi connectivity index (χ3n) is 4.45. The molecular weight excluding hydrogens is 276 g/mol. The lowest BCUT2D eigenvalue weighted by molar-refractivity contribution is -0.115. The summed E-state index contributed by atoms with van der Waals surface area (Å²) in [4.78, 5) is 16.6. The first-order chi connectivity index (χ1) is 10.7. The van der Waals surface area contributed by atoms with E-state index in [2.05, 4.69) is 23.3 Å². The number of ether oxygens (including phenoxy) is 1. The highest BCUT2D eigenvalue weighted by Gasteiger charge is 2.28. The Balaban J connectivity index is 1.86. The molecule has 22 heavy (non-hydrogen) atoms. The van der Waals surface area contributed by atoms with Crippen molar-refractivity contribution in [2.24, 2.45) is 10.9 Å². The summed E-state index contributed by atoms with van der Waals surface area (Å²) in [5, 5.41) is 2.94. The predicted molar refractivity (Wildman–Crippen MR) is 87.9 cm³/mol. The Morgan fingerprint density at radius 3 is 2.82 bits per heavy atom. The van der Waals surface area contributed by atoms with E-state index in [1.54, 1.807) is 7.11 Å². The van der Waals surface area contributed by atoms with Crippen LogP contribution in [0, 0.1) is 5.92 Å². The Bertz CT molecular complexity index is 640. The SMILES string of the molecule is CCc1cc(/C=C2/N=C(C3CCCC3)NC2=O)ccc1OC. The predicted octanol–water partition coefficient (Wildman–Crippen LogP) is 3.32. The molecule has 0 spiro atoms. The summed E-state index contributed by atoms with van der Waals surface area (Å²) in [5.74, 6) is 2.08. The van der Waals surface area contributed by atoms with Crippen LogP contribution in [0.4, 0.5) is 0 Å². The quantitative estimate of drug-likeness (QED) is 0.867. The molecule has 1 fully saturated rings. The molecule has 0 radical (unpaired) electrons. The third kappa shape index (κ3) is 2.91. The summed E-state index contributed by atoms with van der Waals surface area (Å²) >= 11 is 0. The highest BCUT2D eigenvalue weighted by atomic mass is 16.5. The molecule has 116 valence electrons. The van der Waals surface area contributed by atoms with Crippen LogP contribution in [-0.4, -0.2) is 18.9 Å². The van der Waals surface area contributed by atoms with Gasteiger partial charge in [-0.25, -0.2) is 4.99 Å². The molecule has 1 N–H and O–H groups in total. The van der Waals surface area contributed by atoms with Gasteiger partial charge in [0.05, 0.1) is 7.11 Å². The zero-order valence-electron chi connectivity index (χ0n) is 13.2. The van der Waals surface area contributed by atoms with Crippen LogP contribution in [0.25, 0.3) is 6.08 Å². The summed E-state index contributed by atoms with van der Waals surface area (Å²) in [6.07, 6.45) is 7.48. The smallest absolute Gasteiger partial charge is 0.275 e. The summed E-state index contributed by atoms with van der Waals surface area (Å²) in [7, 11) is 1.68. The van der Waals surface area contributed by atoms with Gasteiger partial charge in [-0.15, -0.1) is 0 Å². The average molecular weight is 298 g/mol. The number of carbonyl (C=O) groups is 1. The van der Waals surface area contributed by atoms with Crippen LogP contribution < -0.4 is 10.1 Å². The van der Waals surface area contributed by atoms with Crippen molar-refractivity contribution in [2.75, 3.05) is 7.11 Å². The van der Waals surface area contributed by atoms with Crippen molar-refractivity contribution < 1.29 is 9.53 Å². The molecule has 3 rings (SSSR count). The number of rotatable bonds is 4. The zero-order valence-corrected chi connectivity index (χ0v) is 13.2. The van der Waals surface area contributed by atoms with Crippen LogP contribution >= 0.6 is 0 Å². The molecule has 1 aromatic carbocycles. The van der Waals surface area contributed by atoms with E-state index in [-0.39, 0.29) is 5.91 Å². The number of carbonyl (C=O) groups excluding carboxylic acids is 1. The molecule has 1 amide bonds. The van der Waals surface area contributed by atoms with Crippen LogP contribution in [0.5, 0.6) is 5.75 Å². The molecule has 0 unspecified atom stereocenters. The van der Waals surface area contributed by atoms with Crippen molar-refractivity contribution in [3.05, 3.63) is 35.0 Å². The second-order valence-electron chi connectivity index (χ2n) is 5.89. The molecule has 1 saturated carbocycles. The maximum absolute atomic E-state index is 12.1. The zero-order chi connectivity index (χ0) is 15.5. The number of methoxy groups -OCH3 is 1. The van der Waals surface area contributed by atoms with Gasteiger partial charge in [0.15, 0.2) is 0 Å². The summed E-state index contributed by atoms with van der Waals surface area (Å²) in [6, 6.07) is 5.96. The number of amides is 1. The normalized spacial score (nSPS) is 20.4. The monoisotopic (exact) mass is 298 g/mol. The second-order valence-corrected chi connectivity index (χ2v) is 5.89. The number of hydrogen-bond acceptors (Lipinski definition) is 3. The minimum absolute atomic E-state index is 0.0873. The van der Waals surface area contributed by atoms with Gasteiger partial charge in [-0.1, -0.05) is 25.8 Å². The minimum Gasteiger partial charge on any atom is -0.496 e. The first kappa shape index (κ1) is 14.8. The maximum Gasteiger partial charge on any atom is 0.275 e. The van der Waals surface area contributed by atoms with Crippen LogP contribution in [-0.2, 0) is 11.2 Å². The highest BCUT2D eigenvalue weighted by Crippen LogP contribution is 2.28. The Morgan fingerprint density at radius 1 is 1.36 bits per heavy atom. The van der Waals surface area contributed by atoms with Crippen molar-refractivity contribution in [1.82, 2.24) is 5.32 Å². The van der Waals surface area contributed by atoms with Crippen molar-refractivity contribution >= 4 is 17.8 Å². The number of hydrogen-bond donors (Lipinski definition) is 1. The largest absolute Gasteiger partial charge is 0.496 e. The van der Waals surface area contributed by atoms with Gasteiger partial charge < -0.3 is 10.1 Å². The number of benzene rings is 1. The lowest BCUT2D eigenvalue weighted by atomic mass is 10.1. The van der Waals surface area contributed by atoms with E-state index in [1.807, 2.05) is 18.2 Å². The molecule has 4 heteroatoms. The van der Waals surface area contributed by atoms with Gasteiger partial charge in [0, 0.05) is 5.92 Å². The molecule has 0 bridgehead atoms. The fraction of sp³-hybridized carbons (Fsp3) is 0.444.